The minimum absolute atomic E-state index is 0.0241. The van der Waals surface area contributed by atoms with Gasteiger partial charge in [-0.05, 0) is 63.4 Å². The second-order valence-corrected chi connectivity index (χ2v) is 9.64. The highest BCUT2D eigenvalue weighted by atomic mass is 16.2. The van der Waals surface area contributed by atoms with Crippen LogP contribution in [0.3, 0.4) is 0 Å². The molecule has 8 nitrogen and oxygen atoms in total. The quantitative estimate of drug-likeness (QED) is 0.630. The Hall–Kier alpha value is -3.13. The van der Waals surface area contributed by atoms with Gasteiger partial charge in [0.25, 0.3) is 0 Å². The second-order valence-electron chi connectivity index (χ2n) is 9.64. The van der Waals surface area contributed by atoms with Gasteiger partial charge >= 0.3 is 6.03 Å². The molecule has 2 saturated heterocycles. The molecule has 5 rings (SSSR count). The maximum absolute atomic E-state index is 12.1. The van der Waals surface area contributed by atoms with Crippen LogP contribution in [-0.4, -0.2) is 82.3 Å². The highest BCUT2D eigenvalue weighted by Crippen LogP contribution is 2.31. The molecule has 5 heterocycles. The van der Waals surface area contributed by atoms with Gasteiger partial charge in [-0.2, -0.15) is 5.10 Å². The molecule has 2 aliphatic heterocycles. The van der Waals surface area contributed by atoms with Crippen molar-refractivity contribution in [1.29, 1.82) is 0 Å². The van der Waals surface area contributed by atoms with E-state index in [1.54, 1.807) is 0 Å². The van der Waals surface area contributed by atoms with Crippen LogP contribution in [0.2, 0.25) is 0 Å². The molecule has 2 amide bonds. The number of aromatic nitrogens is 3. The molecule has 0 bridgehead atoms. The molecule has 180 valence electrons. The van der Waals surface area contributed by atoms with Crippen LogP contribution in [0, 0.1) is 0 Å². The Morgan fingerprint density at radius 1 is 1.15 bits per heavy atom. The zero-order valence-electron chi connectivity index (χ0n) is 20.4. The van der Waals surface area contributed by atoms with E-state index in [1.807, 2.05) is 22.5 Å². The van der Waals surface area contributed by atoms with E-state index in [9.17, 15) is 4.79 Å². The normalized spacial score (nSPS) is 19.4. The molecule has 1 atom stereocenters. The van der Waals surface area contributed by atoms with Gasteiger partial charge in [0.15, 0.2) is 0 Å². The summed E-state index contributed by atoms with van der Waals surface area (Å²) in [5, 5.41) is 7.43. The number of nitrogens with zero attached hydrogens (tertiary/aromatic N) is 6. The standard InChI is InChI=1S/C26H35N7O/c1-4-27-26(34)31-13-11-30(12-14-31)24-7-9-29-33-18-22(15-25(24)33)23-6-5-20(16-28-23)21-8-10-32(17-21)19(2)3/h5-7,9,15-16,18-19,21H,4,8,10-14,17H2,1-3H3,(H,27,34)/t21-/m0/s1. The molecule has 0 unspecified atom stereocenters. The summed E-state index contributed by atoms with van der Waals surface area (Å²) >= 11 is 0. The molecule has 3 aromatic rings. The van der Waals surface area contributed by atoms with E-state index in [4.69, 9.17) is 4.98 Å². The Bertz CT molecular complexity index is 1130. The molecule has 0 saturated carbocycles. The Morgan fingerprint density at radius 2 is 1.97 bits per heavy atom. The largest absolute Gasteiger partial charge is 0.366 e. The summed E-state index contributed by atoms with van der Waals surface area (Å²) in [6.07, 6.45) is 7.16. The minimum Gasteiger partial charge on any atom is -0.366 e. The van der Waals surface area contributed by atoms with Gasteiger partial charge in [0, 0.05) is 69.5 Å². The number of amides is 2. The van der Waals surface area contributed by atoms with Gasteiger partial charge in [-0.3, -0.25) is 4.98 Å². The van der Waals surface area contributed by atoms with Gasteiger partial charge in [-0.15, -0.1) is 0 Å². The molecule has 8 heteroatoms. The van der Waals surface area contributed by atoms with Gasteiger partial charge < -0.3 is 20.0 Å². The fourth-order valence-corrected chi connectivity index (χ4v) is 5.17. The van der Waals surface area contributed by atoms with Crippen LogP contribution in [-0.2, 0) is 0 Å². The predicted molar refractivity (Wildman–Crippen MR) is 135 cm³/mol. The number of hydrogen-bond donors (Lipinski definition) is 1. The number of nitrogens with one attached hydrogen (secondary N) is 1. The molecule has 1 N–H and O–H groups in total. The van der Waals surface area contributed by atoms with Crippen LogP contribution in [0.5, 0.6) is 0 Å². The summed E-state index contributed by atoms with van der Waals surface area (Å²) in [5.41, 5.74) is 5.59. The zero-order chi connectivity index (χ0) is 23.7. The lowest BCUT2D eigenvalue weighted by atomic mass is 9.99. The fourth-order valence-electron chi connectivity index (χ4n) is 5.17. The molecule has 3 aromatic heterocycles. The molecule has 0 aromatic carbocycles. The van der Waals surface area contributed by atoms with E-state index >= 15 is 0 Å². The molecule has 0 radical (unpaired) electrons. The van der Waals surface area contributed by atoms with Crippen molar-refractivity contribution < 1.29 is 4.79 Å². The number of carbonyl (C=O) groups is 1. The number of likely N-dealkylation sites (tertiary alicyclic amines) is 1. The van der Waals surface area contributed by atoms with Gasteiger partial charge in [0.1, 0.15) is 0 Å². The molecule has 2 fully saturated rings. The van der Waals surface area contributed by atoms with Crippen molar-refractivity contribution in [3.8, 4) is 11.3 Å². The lowest BCUT2D eigenvalue weighted by Crippen LogP contribution is -2.51. The van der Waals surface area contributed by atoms with Crippen LogP contribution in [0.25, 0.3) is 16.8 Å². The van der Waals surface area contributed by atoms with E-state index in [1.165, 1.54) is 18.5 Å². The van der Waals surface area contributed by atoms with Crippen molar-refractivity contribution in [2.45, 2.75) is 39.2 Å². The first-order valence-corrected chi connectivity index (χ1v) is 12.5. The van der Waals surface area contributed by atoms with E-state index < -0.39 is 0 Å². The number of piperazine rings is 1. The average Bonchev–Trinajstić information content (AvgIpc) is 3.52. The van der Waals surface area contributed by atoms with Crippen molar-refractivity contribution in [3.05, 3.63) is 48.4 Å². The summed E-state index contributed by atoms with van der Waals surface area (Å²) in [5.74, 6) is 0.573. The van der Waals surface area contributed by atoms with Crippen LogP contribution in [0.4, 0.5) is 10.5 Å². The fraction of sp³-hybridized carbons (Fsp3) is 0.500. The summed E-state index contributed by atoms with van der Waals surface area (Å²) in [6.45, 7) is 12.5. The van der Waals surface area contributed by atoms with Crippen molar-refractivity contribution in [1.82, 2.24) is 29.7 Å². The molecular weight excluding hydrogens is 426 g/mol. The van der Waals surface area contributed by atoms with Crippen LogP contribution in [0.1, 0.15) is 38.7 Å². The summed E-state index contributed by atoms with van der Waals surface area (Å²) in [6, 6.07) is 9.26. The highest BCUT2D eigenvalue weighted by Gasteiger charge is 2.26. The summed E-state index contributed by atoms with van der Waals surface area (Å²) < 4.78 is 1.94. The van der Waals surface area contributed by atoms with Crippen molar-refractivity contribution in [2.75, 3.05) is 50.7 Å². The predicted octanol–water partition coefficient (Wildman–Crippen LogP) is 3.45. The molecule has 0 aliphatic carbocycles. The van der Waals surface area contributed by atoms with E-state index in [0.717, 1.165) is 42.1 Å². The number of anilines is 1. The van der Waals surface area contributed by atoms with E-state index in [2.05, 4.69) is 70.7 Å². The van der Waals surface area contributed by atoms with Gasteiger partial charge in [-0.1, -0.05) is 6.07 Å². The first kappa shape index (κ1) is 22.7. The lowest BCUT2D eigenvalue weighted by Gasteiger charge is -2.36. The Kier molecular flexibility index (Phi) is 6.41. The number of carbonyl (C=O) groups excluding carboxylic acids is 1. The zero-order valence-corrected chi connectivity index (χ0v) is 20.4. The van der Waals surface area contributed by atoms with Crippen LogP contribution in [0.15, 0.2) is 42.9 Å². The minimum atomic E-state index is 0.0241. The number of urea groups is 1. The SMILES string of the molecule is CCNC(=O)N1CCN(c2ccnn3cc(-c4ccc([C@H]5CCN(C(C)C)C5)cn4)cc23)CC1. The van der Waals surface area contributed by atoms with E-state index in [-0.39, 0.29) is 6.03 Å². The Morgan fingerprint density at radius 3 is 2.65 bits per heavy atom. The highest BCUT2D eigenvalue weighted by molar-refractivity contribution is 5.79. The van der Waals surface area contributed by atoms with Crippen LogP contribution < -0.4 is 10.2 Å². The van der Waals surface area contributed by atoms with E-state index in [0.29, 0.717) is 31.6 Å². The number of fused-ring (bicyclic) bond motifs is 1. The maximum atomic E-state index is 12.1. The lowest BCUT2D eigenvalue weighted by molar-refractivity contribution is 0.195. The first-order chi connectivity index (χ1) is 16.5. The third kappa shape index (κ3) is 4.46. The maximum Gasteiger partial charge on any atom is 0.317 e. The van der Waals surface area contributed by atoms with Crippen molar-refractivity contribution >= 4 is 17.2 Å². The third-order valence-electron chi connectivity index (χ3n) is 7.23. The topological polar surface area (TPSA) is 69.0 Å². The monoisotopic (exact) mass is 461 g/mol. The van der Waals surface area contributed by atoms with Crippen LogP contribution >= 0.6 is 0 Å². The summed E-state index contributed by atoms with van der Waals surface area (Å²) in [7, 11) is 0. The first-order valence-electron chi connectivity index (χ1n) is 12.5. The smallest absolute Gasteiger partial charge is 0.317 e. The molecule has 2 aliphatic rings. The molecule has 34 heavy (non-hydrogen) atoms. The van der Waals surface area contributed by atoms with Gasteiger partial charge in [0.05, 0.1) is 16.9 Å². The number of pyridine rings is 1. The second kappa shape index (κ2) is 9.62. The van der Waals surface area contributed by atoms with Crippen molar-refractivity contribution in [3.63, 3.8) is 0 Å². The average molecular weight is 462 g/mol. The van der Waals surface area contributed by atoms with Gasteiger partial charge in [0.2, 0.25) is 0 Å². The molecular formula is C26H35N7O. The molecule has 0 spiro atoms. The van der Waals surface area contributed by atoms with Gasteiger partial charge in [-0.25, -0.2) is 9.31 Å². The Labute approximate surface area is 201 Å². The number of rotatable bonds is 5. The third-order valence-corrected chi connectivity index (χ3v) is 7.23. The van der Waals surface area contributed by atoms with Crippen molar-refractivity contribution in [2.24, 2.45) is 0 Å². The Balaban J connectivity index is 1.32. The number of hydrogen-bond acceptors (Lipinski definition) is 5. The summed E-state index contributed by atoms with van der Waals surface area (Å²) in [4.78, 5) is 23.7.